The molecule has 0 unspecified atom stereocenters. The van der Waals surface area contributed by atoms with Crippen molar-refractivity contribution in [3.63, 3.8) is 0 Å². The molecule has 0 amide bonds. The minimum Gasteiger partial charge on any atom is -0.0843 e. The van der Waals surface area contributed by atoms with Gasteiger partial charge in [0.1, 0.15) is 0 Å². The second-order valence-corrected chi connectivity index (χ2v) is 6.83. The van der Waals surface area contributed by atoms with Crippen LogP contribution in [0.4, 0.5) is 0 Å². The second-order valence-electron chi connectivity index (χ2n) is 6.40. The molecule has 25 heavy (non-hydrogen) atoms. The summed E-state index contributed by atoms with van der Waals surface area (Å²) < 4.78 is 0. The van der Waals surface area contributed by atoms with Gasteiger partial charge < -0.3 is 0 Å². The Morgan fingerprint density at radius 3 is 2.04 bits per heavy atom. The SMILES string of the molecule is Clc1ccc2cc(-c3cc4ccccc4c4ccccc34)ccc2c1. The van der Waals surface area contributed by atoms with Crippen LogP contribution in [0.5, 0.6) is 0 Å². The Labute approximate surface area is 151 Å². The highest BCUT2D eigenvalue weighted by Gasteiger charge is 2.08. The van der Waals surface area contributed by atoms with Crippen LogP contribution in [0.25, 0.3) is 43.4 Å². The number of hydrogen-bond donors (Lipinski definition) is 0. The minimum absolute atomic E-state index is 0.774. The van der Waals surface area contributed by atoms with Crippen molar-refractivity contribution in [3.05, 3.63) is 96.0 Å². The average molecular weight is 339 g/mol. The van der Waals surface area contributed by atoms with E-state index >= 15 is 0 Å². The minimum atomic E-state index is 0.774. The van der Waals surface area contributed by atoms with E-state index in [9.17, 15) is 0 Å². The topological polar surface area (TPSA) is 0 Å². The highest BCUT2D eigenvalue weighted by Crippen LogP contribution is 2.36. The van der Waals surface area contributed by atoms with Crippen molar-refractivity contribution in [2.45, 2.75) is 0 Å². The zero-order valence-electron chi connectivity index (χ0n) is 13.5. The van der Waals surface area contributed by atoms with Gasteiger partial charge in [0, 0.05) is 5.02 Å². The van der Waals surface area contributed by atoms with E-state index in [-0.39, 0.29) is 0 Å². The molecule has 1 heteroatoms. The predicted octanol–water partition coefficient (Wildman–Crippen LogP) is 7.47. The van der Waals surface area contributed by atoms with E-state index in [1.54, 1.807) is 0 Å². The van der Waals surface area contributed by atoms with Gasteiger partial charge in [-0.3, -0.25) is 0 Å². The van der Waals surface area contributed by atoms with Gasteiger partial charge >= 0.3 is 0 Å². The normalized spacial score (nSPS) is 11.4. The molecule has 0 bridgehead atoms. The molecule has 0 spiro atoms. The van der Waals surface area contributed by atoms with Gasteiger partial charge in [0.25, 0.3) is 0 Å². The van der Waals surface area contributed by atoms with Crippen molar-refractivity contribution in [1.29, 1.82) is 0 Å². The molecule has 0 aromatic heterocycles. The Morgan fingerprint density at radius 1 is 0.480 bits per heavy atom. The van der Waals surface area contributed by atoms with Crippen molar-refractivity contribution in [3.8, 4) is 11.1 Å². The lowest BCUT2D eigenvalue weighted by atomic mass is 9.92. The van der Waals surface area contributed by atoms with Crippen LogP contribution in [-0.4, -0.2) is 0 Å². The quantitative estimate of drug-likeness (QED) is 0.278. The molecule has 0 radical (unpaired) electrons. The third-order valence-electron chi connectivity index (χ3n) is 4.88. The summed E-state index contributed by atoms with van der Waals surface area (Å²) in [5, 5.41) is 8.31. The summed E-state index contributed by atoms with van der Waals surface area (Å²) in [4.78, 5) is 0. The fourth-order valence-corrected chi connectivity index (χ4v) is 3.86. The molecule has 0 N–H and O–H groups in total. The molecule has 0 atom stereocenters. The molecule has 0 saturated heterocycles. The summed E-state index contributed by atoms with van der Waals surface area (Å²) in [6, 6.07) is 32.2. The van der Waals surface area contributed by atoms with Crippen LogP contribution in [-0.2, 0) is 0 Å². The lowest BCUT2D eigenvalue weighted by Crippen LogP contribution is -1.85. The standard InChI is InChI=1S/C24H15Cl/c25-20-12-11-16-13-19(10-9-17(16)14-20)24-15-18-5-1-2-6-21(18)22-7-3-4-8-23(22)24/h1-15H. The van der Waals surface area contributed by atoms with E-state index in [0.717, 1.165) is 5.02 Å². The summed E-state index contributed by atoms with van der Waals surface area (Å²) >= 11 is 6.12. The third kappa shape index (κ3) is 2.38. The molecule has 0 fully saturated rings. The van der Waals surface area contributed by atoms with Gasteiger partial charge in [-0.25, -0.2) is 0 Å². The van der Waals surface area contributed by atoms with Gasteiger partial charge in [0.2, 0.25) is 0 Å². The van der Waals surface area contributed by atoms with E-state index in [0.29, 0.717) is 0 Å². The number of benzene rings is 5. The first-order valence-electron chi connectivity index (χ1n) is 8.40. The van der Waals surface area contributed by atoms with Gasteiger partial charge in [-0.2, -0.15) is 0 Å². The van der Waals surface area contributed by atoms with Gasteiger partial charge in [-0.1, -0.05) is 78.3 Å². The van der Waals surface area contributed by atoms with Gasteiger partial charge in [-0.05, 0) is 67.7 Å². The van der Waals surface area contributed by atoms with Crippen molar-refractivity contribution in [2.75, 3.05) is 0 Å². The molecule has 5 aromatic rings. The Kier molecular flexibility index (Phi) is 3.26. The molecule has 118 valence electrons. The third-order valence-corrected chi connectivity index (χ3v) is 5.12. The molecule has 0 nitrogen and oxygen atoms in total. The number of rotatable bonds is 1. The summed E-state index contributed by atoms with van der Waals surface area (Å²) in [7, 11) is 0. The number of hydrogen-bond acceptors (Lipinski definition) is 0. The first kappa shape index (κ1) is 14.5. The van der Waals surface area contributed by atoms with Crippen LogP contribution in [0.1, 0.15) is 0 Å². The summed E-state index contributed by atoms with van der Waals surface area (Å²) in [5.41, 5.74) is 2.50. The first-order chi connectivity index (χ1) is 12.3. The zero-order chi connectivity index (χ0) is 16.8. The molecular formula is C24H15Cl. The molecule has 0 heterocycles. The van der Waals surface area contributed by atoms with Crippen LogP contribution in [0.15, 0.2) is 91.0 Å². The molecule has 0 saturated carbocycles. The van der Waals surface area contributed by atoms with E-state index in [1.807, 2.05) is 12.1 Å². The molecule has 5 rings (SSSR count). The van der Waals surface area contributed by atoms with Gasteiger partial charge in [0.15, 0.2) is 0 Å². The Hall–Kier alpha value is -2.83. The van der Waals surface area contributed by atoms with Gasteiger partial charge in [-0.15, -0.1) is 0 Å². The predicted molar refractivity (Wildman–Crippen MR) is 109 cm³/mol. The van der Waals surface area contributed by atoms with Crippen molar-refractivity contribution in [1.82, 2.24) is 0 Å². The smallest absolute Gasteiger partial charge is 0.0412 e. The van der Waals surface area contributed by atoms with E-state index < -0.39 is 0 Å². The van der Waals surface area contributed by atoms with Crippen molar-refractivity contribution < 1.29 is 0 Å². The molecule has 0 aliphatic rings. The van der Waals surface area contributed by atoms with E-state index in [4.69, 9.17) is 11.6 Å². The Balaban J connectivity index is 1.86. The van der Waals surface area contributed by atoms with E-state index in [2.05, 4.69) is 78.9 Å². The maximum atomic E-state index is 6.12. The molecule has 0 aliphatic heterocycles. The summed E-state index contributed by atoms with van der Waals surface area (Å²) in [6.45, 7) is 0. The monoisotopic (exact) mass is 338 g/mol. The van der Waals surface area contributed by atoms with Crippen molar-refractivity contribution in [2.24, 2.45) is 0 Å². The molecule has 5 aromatic carbocycles. The van der Waals surface area contributed by atoms with Crippen LogP contribution in [0.2, 0.25) is 5.02 Å². The largest absolute Gasteiger partial charge is 0.0843 e. The Morgan fingerprint density at radius 2 is 1.16 bits per heavy atom. The zero-order valence-corrected chi connectivity index (χ0v) is 14.3. The van der Waals surface area contributed by atoms with Gasteiger partial charge in [0.05, 0.1) is 0 Å². The maximum Gasteiger partial charge on any atom is 0.0412 e. The van der Waals surface area contributed by atoms with E-state index in [1.165, 1.54) is 43.4 Å². The summed E-state index contributed by atoms with van der Waals surface area (Å²) in [5.74, 6) is 0. The molecule has 0 aliphatic carbocycles. The average Bonchev–Trinajstić information content (AvgIpc) is 2.67. The van der Waals surface area contributed by atoms with Crippen LogP contribution < -0.4 is 0 Å². The fraction of sp³-hybridized carbons (Fsp3) is 0. The van der Waals surface area contributed by atoms with Crippen LogP contribution in [0, 0.1) is 0 Å². The highest BCUT2D eigenvalue weighted by atomic mass is 35.5. The molecular weight excluding hydrogens is 324 g/mol. The highest BCUT2D eigenvalue weighted by molar-refractivity contribution is 6.31. The lowest BCUT2D eigenvalue weighted by molar-refractivity contribution is 1.69. The lowest BCUT2D eigenvalue weighted by Gasteiger charge is -2.12. The number of fused-ring (bicyclic) bond motifs is 4. The first-order valence-corrected chi connectivity index (χ1v) is 8.78. The second kappa shape index (κ2) is 5.61. The maximum absolute atomic E-state index is 6.12. The summed E-state index contributed by atoms with van der Waals surface area (Å²) in [6.07, 6.45) is 0. The van der Waals surface area contributed by atoms with Crippen LogP contribution >= 0.6 is 11.6 Å². The Bertz CT molecular complexity index is 1250. The van der Waals surface area contributed by atoms with Crippen molar-refractivity contribution >= 4 is 43.9 Å². The van der Waals surface area contributed by atoms with Crippen LogP contribution in [0.3, 0.4) is 0 Å². The fourth-order valence-electron chi connectivity index (χ4n) is 3.68. The number of halogens is 1.